The molecule has 1 atom stereocenters. The number of likely N-dealkylation sites (N-methyl/N-ethyl adjacent to an activating group) is 1. The van der Waals surface area contributed by atoms with E-state index < -0.39 is 16.9 Å². The normalized spacial score (nSPS) is 19.2. The first-order chi connectivity index (χ1) is 8.50. The standard InChI is InChI=1S/C10H10N4O4/c1-13-8(15)5-7(10(13)16)12-6-3-2-4-11-9(6)14(17)18/h2-4,7,12H,5H2,1H3. The molecule has 1 aromatic rings. The van der Waals surface area contributed by atoms with E-state index in [2.05, 4.69) is 10.3 Å². The van der Waals surface area contributed by atoms with Crippen molar-refractivity contribution in [3.05, 3.63) is 28.4 Å². The summed E-state index contributed by atoms with van der Waals surface area (Å²) in [6.45, 7) is 0. The molecule has 0 radical (unpaired) electrons. The minimum Gasteiger partial charge on any atom is -0.366 e. The van der Waals surface area contributed by atoms with E-state index in [1.165, 1.54) is 25.4 Å². The zero-order valence-corrected chi connectivity index (χ0v) is 9.49. The van der Waals surface area contributed by atoms with Gasteiger partial charge in [-0.15, -0.1) is 0 Å². The lowest BCUT2D eigenvalue weighted by Gasteiger charge is -2.11. The number of imide groups is 1. The molecule has 1 unspecified atom stereocenters. The van der Waals surface area contributed by atoms with Gasteiger partial charge in [-0.1, -0.05) is 0 Å². The summed E-state index contributed by atoms with van der Waals surface area (Å²) in [5.41, 5.74) is 0.129. The minimum absolute atomic E-state index is 0.0125. The lowest BCUT2D eigenvalue weighted by atomic mass is 10.2. The second-order valence-corrected chi connectivity index (χ2v) is 3.82. The Balaban J connectivity index is 2.23. The zero-order chi connectivity index (χ0) is 13.3. The lowest BCUT2D eigenvalue weighted by Crippen LogP contribution is -2.32. The predicted molar refractivity (Wildman–Crippen MR) is 60.7 cm³/mol. The van der Waals surface area contributed by atoms with Crippen molar-refractivity contribution < 1.29 is 14.5 Å². The molecule has 2 rings (SSSR count). The van der Waals surface area contributed by atoms with Crippen LogP contribution < -0.4 is 5.32 Å². The molecule has 0 aromatic carbocycles. The summed E-state index contributed by atoms with van der Waals surface area (Å²) in [6.07, 6.45) is 1.28. The summed E-state index contributed by atoms with van der Waals surface area (Å²) in [7, 11) is 1.38. The van der Waals surface area contributed by atoms with Crippen LogP contribution in [0.4, 0.5) is 11.5 Å². The fourth-order valence-corrected chi connectivity index (χ4v) is 1.71. The molecule has 8 heteroatoms. The number of amides is 2. The molecule has 0 spiro atoms. The number of nitro groups is 1. The smallest absolute Gasteiger partial charge is 0.366 e. The van der Waals surface area contributed by atoms with Crippen LogP contribution in [0.15, 0.2) is 18.3 Å². The number of nitrogens with one attached hydrogen (secondary N) is 1. The van der Waals surface area contributed by atoms with Gasteiger partial charge in [0.15, 0.2) is 0 Å². The second-order valence-electron chi connectivity index (χ2n) is 3.82. The van der Waals surface area contributed by atoms with Crippen molar-refractivity contribution in [1.29, 1.82) is 0 Å². The molecular weight excluding hydrogens is 240 g/mol. The molecule has 1 aliphatic rings. The molecule has 0 bridgehead atoms. The maximum Gasteiger partial charge on any atom is 0.386 e. The summed E-state index contributed by atoms with van der Waals surface area (Å²) in [6, 6.07) is 2.19. The number of anilines is 1. The molecule has 18 heavy (non-hydrogen) atoms. The Labute approximate surface area is 102 Å². The second kappa shape index (κ2) is 4.40. The SMILES string of the molecule is CN1C(=O)CC(Nc2cccnc2[N+](=O)[O-])C1=O. The third-order valence-electron chi connectivity index (χ3n) is 2.67. The quantitative estimate of drug-likeness (QED) is 0.465. The van der Waals surface area contributed by atoms with Crippen molar-refractivity contribution in [1.82, 2.24) is 9.88 Å². The van der Waals surface area contributed by atoms with Gasteiger partial charge in [0.25, 0.3) is 5.91 Å². The lowest BCUT2D eigenvalue weighted by molar-refractivity contribution is -0.388. The molecule has 1 aromatic heterocycles. The topological polar surface area (TPSA) is 105 Å². The monoisotopic (exact) mass is 250 g/mol. The molecule has 1 fully saturated rings. The van der Waals surface area contributed by atoms with Crippen LogP contribution in [0.3, 0.4) is 0 Å². The number of pyridine rings is 1. The van der Waals surface area contributed by atoms with E-state index in [0.29, 0.717) is 0 Å². The van der Waals surface area contributed by atoms with Gasteiger partial charge in [0.1, 0.15) is 17.9 Å². The average molecular weight is 250 g/mol. The first kappa shape index (κ1) is 12.0. The van der Waals surface area contributed by atoms with Crippen molar-refractivity contribution in [3.63, 3.8) is 0 Å². The van der Waals surface area contributed by atoms with Gasteiger partial charge in [-0.2, -0.15) is 0 Å². The van der Waals surface area contributed by atoms with Crippen LogP contribution in [0, 0.1) is 10.1 Å². The van der Waals surface area contributed by atoms with Crippen molar-refractivity contribution in [2.24, 2.45) is 0 Å². The van der Waals surface area contributed by atoms with Crippen molar-refractivity contribution in [2.75, 3.05) is 12.4 Å². The molecule has 94 valence electrons. The molecule has 8 nitrogen and oxygen atoms in total. The van der Waals surface area contributed by atoms with E-state index in [0.717, 1.165) is 4.90 Å². The van der Waals surface area contributed by atoms with Gasteiger partial charge in [-0.05, 0) is 22.0 Å². The van der Waals surface area contributed by atoms with Crippen molar-refractivity contribution >= 4 is 23.3 Å². The number of carbonyl (C=O) groups excluding carboxylic acids is 2. The largest absolute Gasteiger partial charge is 0.386 e. The van der Waals surface area contributed by atoms with Crippen LogP contribution in [-0.2, 0) is 9.59 Å². The number of likely N-dealkylation sites (tertiary alicyclic amines) is 1. The van der Waals surface area contributed by atoms with Gasteiger partial charge in [0, 0.05) is 7.05 Å². The van der Waals surface area contributed by atoms with Crippen molar-refractivity contribution in [3.8, 4) is 0 Å². The molecule has 0 saturated carbocycles. The predicted octanol–water partition coefficient (Wildman–Crippen LogP) is 0.159. The summed E-state index contributed by atoms with van der Waals surface area (Å²) in [4.78, 5) is 37.7. The number of aromatic nitrogens is 1. The molecule has 1 N–H and O–H groups in total. The Kier molecular flexibility index (Phi) is 2.92. The molecular formula is C10H10N4O4. The Morgan fingerprint density at radius 3 is 2.83 bits per heavy atom. The Hall–Kier alpha value is -2.51. The number of hydrogen-bond acceptors (Lipinski definition) is 6. The van der Waals surface area contributed by atoms with Gasteiger partial charge in [-0.25, -0.2) is 0 Å². The Morgan fingerprint density at radius 2 is 2.28 bits per heavy atom. The van der Waals surface area contributed by atoms with Gasteiger partial charge in [-0.3, -0.25) is 14.5 Å². The fraction of sp³-hybridized carbons (Fsp3) is 0.300. The maximum absolute atomic E-state index is 11.7. The van der Waals surface area contributed by atoms with Gasteiger partial charge in [0.2, 0.25) is 5.91 Å². The highest BCUT2D eigenvalue weighted by atomic mass is 16.6. The van der Waals surface area contributed by atoms with Crippen LogP contribution in [0.5, 0.6) is 0 Å². The highest BCUT2D eigenvalue weighted by molar-refractivity contribution is 6.06. The number of rotatable bonds is 3. The molecule has 0 aliphatic carbocycles. The average Bonchev–Trinajstić information content (AvgIpc) is 2.57. The van der Waals surface area contributed by atoms with Crippen LogP contribution in [0.2, 0.25) is 0 Å². The first-order valence-electron chi connectivity index (χ1n) is 5.17. The van der Waals surface area contributed by atoms with Gasteiger partial charge >= 0.3 is 5.82 Å². The van der Waals surface area contributed by atoms with E-state index in [-0.39, 0.29) is 23.8 Å². The third-order valence-corrected chi connectivity index (χ3v) is 2.67. The zero-order valence-electron chi connectivity index (χ0n) is 9.49. The summed E-state index contributed by atoms with van der Waals surface area (Å²) >= 11 is 0. The minimum atomic E-state index is -0.773. The van der Waals surface area contributed by atoms with Gasteiger partial charge < -0.3 is 15.4 Å². The summed E-state index contributed by atoms with van der Waals surface area (Å²) in [5, 5.41) is 13.4. The van der Waals surface area contributed by atoms with Gasteiger partial charge in [0.05, 0.1) is 6.42 Å². The Morgan fingerprint density at radius 1 is 1.56 bits per heavy atom. The van der Waals surface area contributed by atoms with Crippen LogP contribution >= 0.6 is 0 Å². The van der Waals surface area contributed by atoms with E-state index in [1.54, 1.807) is 0 Å². The maximum atomic E-state index is 11.7. The number of nitrogens with zero attached hydrogens (tertiary/aromatic N) is 3. The van der Waals surface area contributed by atoms with E-state index in [9.17, 15) is 19.7 Å². The molecule has 1 aliphatic heterocycles. The number of hydrogen-bond donors (Lipinski definition) is 1. The van der Waals surface area contributed by atoms with Crippen LogP contribution in [0.25, 0.3) is 0 Å². The summed E-state index contributed by atoms with van der Waals surface area (Å²) in [5.74, 6) is -1.09. The third kappa shape index (κ3) is 1.99. The van der Waals surface area contributed by atoms with E-state index in [4.69, 9.17) is 0 Å². The highest BCUT2D eigenvalue weighted by Gasteiger charge is 2.36. The van der Waals surface area contributed by atoms with E-state index in [1.807, 2.05) is 0 Å². The fourth-order valence-electron chi connectivity index (χ4n) is 1.71. The van der Waals surface area contributed by atoms with Crippen LogP contribution in [-0.4, -0.2) is 39.7 Å². The Bertz CT molecular complexity index is 530. The molecule has 2 amide bonds. The number of carbonyl (C=O) groups is 2. The van der Waals surface area contributed by atoms with Crippen molar-refractivity contribution in [2.45, 2.75) is 12.5 Å². The first-order valence-corrected chi connectivity index (χ1v) is 5.17. The molecule has 2 heterocycles. The molecule has 1 saturated heterocycles. The summed E-state index contributed by atoms with van der Waals surface area (Å²) < 4.78 is 0. The highest BCUT2D eigenvalue weighted by Crippen LogP contribution is 2.23. The van der Waals surface area contributed by atoms with Crippen LogP contribution in [0.1, 0.15) is 6.42 Å². The van der Waals surface area contributed by atoms with E-state index >= 15 is 0 Å².